The highest BCUT2D eigenvalue weighted by Gasteiger charge is 2.14. The van der Waals surface area contributed by atoms with Gasteiger partial charge in [-0.15, -0.1) is 0 Å². The molecule has 0 N–H and O–H groups in total. The largest absolute Gasteiger partial charge is 0.497 e. The first-order valence-corrected chi connectivity index (χ1v) is 6.94. The molecule has 0 aliphatic carbocycles. The summed E-state index contributed by atoms with van der Waals surface area (Å²) in [6.07, 6.45) is 0. The van der Waals surface area contributed by atoms with Crippen molar-refractivity contribution in [3.8, 4) is 11.5 Å². The molecule has 2 rings (SSSR count). The monoisotopic (exact) mass is 360 g/mol. The number of ether oxygens (including phenoxy) is 2. The van der Waals surface area contributed by atoms with Crippen LogP contribution in [-0.2, 0) is 0 Å². The first kappa shape index (κ1) is 25.3. The van der Waals surface area contributed by atoms with Crippen molar-refractivity contribution in [1.29, 1.82) is 0 Å². The van der Waals surface area contributed by atoms with Gasteiger partial charge in [-0.25, -0.2) is 4.79 Å². The first-order valence-electron chi connectivity index (χ1n) is 6.94. The maximum Gasteiger partial charge on any atom is 0.343 e. The molecular formula is C21H28O5. The van der Waals surface area contributed by atoms with E-state index >= 15 is 0 Å². The van der Waals surface area contributed by atoms with Gasteiger partial charge in [-0.3, -0.25) is 9.59 Å². The molecule has 0 atom stereocenters. The average Bonchev–Trinajstić information content (AvgIpc) is 2.55. The van der Waals surface area contributed by atoms with Gasteiger partial charge in [-0.05, 0) is 56.3 Å². The zero-order chi connectivity index (χ0) is 17.0. The van der Waals surface area contributed by atoms with Crippen LogP contribution in [0.15, 0.2) is 42.5 Å². The topological polar surface area (TPSA) is 69.7 Å². The Bertz CT molecular complexity index is 728. The van der Waals surface area contributed by atoms with Crippen LogP contribution in [0, 0.1) is 0 Å². The third kappa shape index (κ3) is 6.16. The van der Waals surface area contributed by atoms with Gasteiger partial charge in [0.1, 0.15) is 11.5 Å². The molecule has 0 aliphatic heterocycles. The van der Waals surface area contributed by atoms with Gasteiger partial charge in [-0.2, -0.15) is 0 Å². The van der Waals surface area contributed by atoms with E-state index in [0.717, 1.165) is 0 Å². The van der Waals surface area contributed by atoms with E-state index in [4.69, 9.17) is 9.47 Å². The van der Waals surface area contributed by atoms with Crippen LogP contribution in [0.25, 0.3) is 0 Å². The molecule has 0 fully saturated rings. The molecule has 0 spiro atoms. The van der Waals surface area contributed by atoms with Gasteiger partial charge in [-0.1, -0.05) is 22.3 Å². The summed E-state index contributed by atoms with van der Waals surface area (Å²) in [5.41, 5.74) is 0.734. The number of hydrogen-bond donors (Lipinski definition) is 0. The Labute approximate surface area is 156 Å². The van der Waals surface area contributed by atoms with Gasteiger partial charge in [0.15, 0.2) is 11.6 Å². The van der Waals surface area contributed by atoms with Crippen LogP contribution in [0.5, 0.6) is 11.5 Å². The molecule has 0 aliphatic rings. The summed E-state index contributed by atoms with van der Waals surface area (Å²) in [5, 5.41) is 0. The second-order valence-corrected chi connectivity index (χ2v) is 4.98. The summed E-state index contributed by atoms with van der Waals surface area (Å²) in [6.45, 7) is 2.75. The van der Waals surface area contributed by atoms with Crippen LogP contribution in [0.3, 0.4) is 0 Å². The van der Waals surface area contributed by atoms with E-state index in [2.05, 4.69) is 0 Å². The fourth-order valence-corrected chi connectivity index (χ4v) is 1.96. The lowest BCUT2D eigenvalue weighted by Gasteiger charge is -2.08. The zero-order valence-electron chi connectivity index (χ0n) is 13.1. The fourth-order valence-electron chi connectivity index (χ4n) is 1.96. The molecule has 5 nitrogen and oxygen atoms in total. The molecule has 0 heterocycles. The number of carbonyl (C=O) groups excluding carboxylic acids is 3. The molecule has 0 saturated carbocycles. The first-order chi connectivity index (χ1) is 10.9. The molecule has 142 valence electrons. The summed E-state index contributed by atoms with van der Waals surface area (Å²) in [5.74, 6) is -0.116. The van der Waals surface area contributed by atoms with Crippen molar-refractivity contribution in [2.24, 2.45) is 0 Å². The fraction of sp³-hybridized carbons (Fsp3) is 0.286. The highest BCUT2D eigenvalue weighted by atomic mass is 16.5. The molecule has 0 saturated heterocycles. The van der Waals surface area contributed by atoms with E-state index in [1.807, 2.05) is 0 Å². The normalized spacial score (nSPS) is 8.88. The Morgan fingerprint density at radius 2 is 1.08 bits per heavy atom. The van der Waals surface area contributed by atoms with E-state index in [0.29, 0.717) is 22.6 Å². The molecule has 0 radical (unpaired) electrons. The molecule has 2 aromatic carbocycles. The van der Waals surface area contributed by atoms with Crippen molar-refractivity contribution in [3.05, 3.63) is 59.2 Å². The summed E-state index contributed by atoms with van der Waals surface area (Å²) >= 11 is 0. The van der Waals surface area contributed by atoms with Crippen molar-refractivity contribution >= 4 is 17.5 Å². The van der Waals surface area contributed by atoms with Crippen LogP contribution < -0.4 is 9.47 Å². The second-order valence-electron chi connectivity index (χ2n) is 4.98. The van der Waals surface area contributed by atoms with Gasteiger partial charge in [0.2, 0.25) is 0 Å². The van der Waals surface area contributed by atoms with E-state index in [1.54, 1.807) is 24.3 Å². The van der Waals surface area contributed by atoms with Gasteiger partial charge in [0, 0.05) is 11.1 Å². The lowest BCUT2D eigenvalue weighted by Crippen LogP contribution is -2.11. The maximum atomic E-state index is 12.2. The minimum absolute atomic E-state index is 0. The standard InChI is InChI=1S/C18H16O5.3CH4/c1-11(19)13-8-14(12(2)20)10-15(9-13)18(21)23-17-6-4-16(22-3)5-7-17;;;/h4-10H,1-3H3;3*1H4. The molecule has 26 heavy (non-hydrogen) atoms. The Morgan fingerprint density at radius 1 is 0.692 bits per heavy atom. The quantitative estimate of drug-likeness (QED) is 0.415. The summed E-state index contributed by atoms with van der Waals surface area (Å²) in [6, 6.07) is 10.8. The number of rotatable bonds is 5. The molecule has 2 aromatic rings. The number of hydrogen-bond acceptors (Lipinski definition) is 5. The average molecular weight is 360 g/mol. The van der Waals surface area contributed by atoms with E-state index in [-0.39, 0.29) is 39.4 Å². The minimum Gasteiger partial charge on any atom is -0.497 e. The highest BCUT2D eigenvalue weighted by molar-refractivity contribution is 6.03. The van der Waals surface area contributed by atoms with Crippen LogP contribution in [0.1, 0.15) is 67.2 Å². The molecule has 0 unspecified atom stereocenters. The number of ketones is 2. The van der Waals surface area contributed by atoms with Crippen molar-refractivity contribution in [2.45, 2.75) is 36.1 Å². The number of esters is 1. The lowest BCUT2D eigenvalue weighted by atomic mass is 10.0. The van der Waals surface area contributed by atoms with Gasteiger partial charge in [0.25, 0.3) is 0 Å². The van der Waals surface area contributed by atoms with Crippen LogP contribution >= 0.6 is 0 Å². The molecule has 5 heteroatoms. The smallest absolute Gasteiger partial charge is 0.343 e. The Morgan fingerprint density at radius 3 is 1.46 bits per heavy atom. The van der Waals surface area contributed by atoms with Gasteiger partial charge in [0.05, 0.1) is 12.7 Å². The summed E-state index contributed by atoms with van der Waals surface area (Å²) in [7, 11) is 1.54. The minimum atomic E-state index is -0.638. The second kappa shape index (κ2) is 10.8. The molecule has 0 bridgehead atoms. The van der Waals surface area contributed by atoms with Crippen LogP contribution in [0.2, 0.25) is 0 Å². The van der Waals surface area contributed by atoms with Crippen LogP contribution in [0.4, 0.5) is 0 Å². The SMILES string of the molecule is C.C.C.COc1ccc(OC(=O)c2cc(C(C)=O)cc(C(C)=O)c2)cc1. The number of methoxy groups -OCH3 is 1. The molecule has 0 aromatic heterocycles. The summed E-state index contributed by atoms with van der Waals surface area (Å²) < 4.78 is 10.3. The van der Waals surface area contributed by atoms with Crippen molar-refractivity contribution < 1.29 is 23.9 Å². The number of Topliss-reactive ketones (excluding diaryl/α,β-unsaturated/α-hetero) is 2. The van der Waals surface area contributed by atoms with E-state index in [9.17, 15) is 14.4 Å². The maximum absolute atomic E-state index is 12.2. The number of benzene rings is 2. The van der Waals surface area contributed by atoms with Gasteiger partial charge >= 0.3 is 5.97 Å². The van der Waals surface area contributed by atoms with E-state index < -0.39 is 5.97 Å². The number of carbonyl (C=O) groups is 3. The predicted molar refractivity (Wildman–Crippen MR) is 105 cm³/mol. The Kier molecular flexibility index (Phi) is 10.5. The highest BCUT2D eigenvalue weighted by Crippen LogP contribution is 2.19. The van der Waals surface area contributed by atoms with Crippen LogP contribution in [-0.4, -0.2) is 24.6 Å². The van der Waals surface area contributed by atoms with E-state index in [1.165, 1.54) is 39.2 Å². The van der Waals surface area contributed by atoms with Crippen molar-refractivity contribution in [3.63, 3.8) is 0 Å². The zero-order valence-corrected chi connectivity index (χ0v) is 13.1. The molecular weight excluding hydrogens is 332 g/mol. The predicted octanol–water partition coefficient (Wildman–Crippen LogP) is 5.23. The Balaban J connectivity index is 0. The van der Waals surface area contributed by atoms with Gasteiger partial charge < -0.3 is 9.47 Å². The molecule has 0 amide bonds. The third-order valence-corrected chi connectivity index (χ3v) is 3.25. The Hall–Kier alpha value is -2.95. The summed E-state index contributed by atoms with van der Waals surface area (Å²) in [4.78, 5) is 35.3. The third-order valence-electron chi connectivity index (χ3n) is 3.25. The lowest BCUT2D eigenvalue weighted by molar-refractivity contribution is 0.0734. The van der Waals surface area contributed by atoms with Crippen molar-refractivity contribution in [2.75, 3.05) is 7.11 Å². The van der Waals surface area contributed by atoms with Crippen molar-refractivity contribution in [1.82, 2.24) is 0 Å².